The van der Waals surface area contributed by atoms with Crippen LogP contribution in [0.1, 0.15) is 26.9 Å². The lowest BCUT2D eigenvalue weighted by Gasteiger charge is -2.24. The minimum Gasteiger partial charge on any atom is -0.480 e. The first kappa shape index (κ1) is 17.6. The van der Waals surface area contributed by atoms with E-state index in [1.54, 1.807) is 17.0 Å². The molecule has 0 spiro atoms. The van der Waals surface area contributed by atoms with E-state index in [4.69, 9.17) is 0 Å². The first-order valence-electron chi connectivity index (χ1n) is 8.66. The molecule has 2 heterocycles. The van der Waals surface area contributed by atoms with Gasteiger partial charge < -0.3 is 15.3 Å². The summed E-state index contributed by atoms with van der Waals surface area (Å²) < 4.78 is 0. The number of benzene rings is 2. The van der Waals surface area contributed by atoms with Crippen LogP contribution < -0.4 is 5.32 Å². The quantitative estimate of drug-likeness (QED) is 0.827. The molecule has 4 rings (SSSR count). The number of amides is 2. The Kier molecular flexibility index (Phi) is 4.61. The molecule has 0 unspecified atom stereocenters. The fourth-order valence-corrected chi connectivity index (χ4v) is 5.02. The van der Waals surface area contributed by atoms with E-state index in [1.165, 1.54) is 11.8 Å². The van der Waals surface area contributed by atoms with Crippen molar-refractivity contribution in [2.24, 2.45) is 0 Å². The van der Waals surface area contributed by atoms with E-state index in [-0.39, 0.29) is 17.7 Å². The van der Waals surface area contributed by atoms with Crippen LogP contribution >= 0.6 is 11.8 Å². The molecule has 2 amide bonds. The summed E-state index contributed by atoms with van der Waals surface area (Å²) >= 11 is 1.53. The molecule has 0 bridgehead atoms. The van der Waals surface area contributed by atoms with Gasteiger partial charge in [0, 0.05) is 17.7 Å². The largest absolute Gasteiger partial charge is 0.480 e. The number of rotatable bonds is 5. The van der Waals surface area contributed by atoms with Crippen LogP contribution in [0.2, 0.25) is 0 Å². The molecule has 0 aliphatic carbocycles. The summed E-state index contributed by atoms with van der Waals surface area (Å²) in [7, 11) is 0. The number of carboxylic acids is 1. The van der Waals surface area contributed by atoms with Gasteiger partial charge in [0.1, 0.15) is 17.5 Å². The molecular weight excluding hydrogens is 364 g/mol. The van der Waals surface area contributed by atoms with Gasteiger partial charge in [-0.3, -0.25) is 9.59 Å². The highest BCUT2D eigenvalue weighted by molar-refractivity contribution is 7.99. The van der Waals surface area contributed by atoms with Crippen molar-refractivity contribution in [1.29, 1.82) is 0 Å². The number of fused-ring (bicyclic) bond motifs is 3. The first-order chi connectivity index (χ1) is 13.1. The van der Waals surface area contributed by atoms with E-state index < -0.39 is 24.0 Å². The minimum atomic E-state index is -1.09. The van der Waals surface area contributed by atoms with Crippen molar-refractivity contribution in [3.8, 4) is 0 Å². The maximum absolute atomic E-state index is 12.8. The van der Waals surface area contributed by atoms with Crippen LogP contribution in [0.15, 0.2) is 54.6 Å². The topological polar surface area (TPSA) is 86.7 Å². The van der Waals surface area contributed by atoms with Crippen LogP contribution in [0.3, 0.4) is 0 Å². The number of nitrogens with one attached hydrogen (secondary N) is 1. The Morgan fingerprint density at radius 2 is 1.85 bits per heavy atom. The fraction of sp³-hybridized carbons (Fsp3) is 0.250. The van der Waals surface area contributed by atoms with Gasteiger partial charge in [-0.1, -0.05) is 48.5 Å². The molecule has 2 aromatic rings. The summed E-state index contributed by atoms with van der Waals surface area (Å²) in [4.78, 5) is 38.7. The standard InChI is InChI=1S/C20H18N2O4S/c23-17(21-15(20(25)26)10-12-6-2-1-3-7-12)16-11-27-19-14-9-5-4-8-13(14)18(24)22(16)19/h1-9,15-16,19H,10-11H2,(H,21,23)(H,25,26)/t15-,16-,19-/m1/s1. The molecule has 1 saturated heterocycles. The van der Waals surface area contributed by atoms with Gasteiger partial charge in [0.05, 0.1) is 0 Å². The van der Waals surface area contributed by atoms with E-state index in [1.807, 2.05) is 42.5 Å². The van der Waals surface area contributed by atoms with Crippen molar-refractivity contribution in [3.05, 3.63) is 71.3 Å². The molecule has 3 atom stereocenters. The Hall–Kier alpha value is -2.80. The summed E-state index contributed by atoms with van der Waals surface area (Å²) in [6.45, 7) is 0. The van der Waals surface area contributed by atoms with Gasteiger partial charge in [-0.2, -0.15) is 0 Å². The van der Waals surface area contributed by atoms with E-state index in [0.717, 1.165) is 11.1 Å². The number of carbonyl (C=O) groups is 3. The number of nitrogens with zero attached hydrogens (tertiary/aromatic N) is 1. The first-order valence-corrected chi connectivity index (χ1v) is 9.71. The monoisotopic (exact) mass is 382 g/mol. The van der Waals surface area contributed by atoms with Crippen molar-refractivity contribution in [1.82, 2.24) is 10.2 Å². The summed E-state index contributed by atoms with van der Waals surface area (Å²) in [5.74, 6) is -1.23. The van der Waals surface area contributed by atoms with E-state index in [2.05, 4.69) is 5.32 Å². The predicted octanol–water partition coefficient (Wildman–Crippen LogP) is 2.07. The summed E-state index contributed by atoms with van der Waals surface area (Å²) in [5.41, 5.74) is 2.36. The fourth-order valence-electron chi connectivity index (χ4n) is 3.56. The van der Waals surface area contributed by atoms with Gasteiger partial charge in [0.15, 0.2) is 0 Å². The Morgan fingerprint density at radius 1 is 1.15 bits per heavy atom. The second-order valence-corrected chi connectivity index (χ2v) is 7.70. The van der Waals surface area contributed by atoms with Gasteiger partial charge in [-0.05, 0) is 17.2 Å². The lowest BCUT2D eigenvalue weighted by molar-refractivity contribution is -0.142. The van der Waals surface area contributed by atoms with Crippen LogP contribution in [-0.4, -0.2) is 45.6 Å². The maximum Gasteiger partial charge on any atom is 0.326 e. The molecule has 2 aliphatic rings. The normalized spacial score (nSPS) is 21.5. The SMILES string of the molecule is O=C(N[C@H](Cc1ccccc1)C(=O)O)[C@H]1CS[C@@H]2c3ccccc3C(=O)N12. The van der Waals surface area contributed by atoms with E-state index >= 15 is 0 Å². The molecule has 138 valence electrons. The zero-order chi connectivity index (χ0) is 19.0. The number of aliphatic carboxylic acids is 1. The average Bonchev–Trinajstić information content (AvgIpc) is 3.23. The zero-order valence-electron chi connectivity index (χ0n) is 14.4. The van der Waals surface area contributed by atoms with Gasteiger partial charge >= 0.3 is 5.97 Å². The van der Waals surface area contributed by atoms with Gasteiger partial charge in [0.25, 0.3) is 5.91 Å². The highest BCUT2D eigenvalue weighted by Crippen LogP contribution is 2.48. The average molecular weight is 382 g/mol. The molecule has 2 aromatic carbocycles. The smallest absolute Gasteiger partial charge is 0.326 e. The van der Waals surface area contributed by atoms with Crippen LogP contribution in [0.25, 0.3) is 0 Å². The summed E-state index contributed by atoms with van der Waals surface area (Å²) in [6.07, 6.45) is 0.194. The second-order valence-electron chi connectivity index (χ2n) is 6.59. The minimum absolute atomic E-state index is 0.171. The predicted molar refractivity (Wildman–Crippen MR) is 101 cm³/mol. The zero-order valence-corrected chi connectivity index (χ0v) is 15.2. The number of carboxylic acid groups (broad SMARTS) is 1. The second kappa shape index (κ2) is 7.08. The molecule has 0 saturated carbocycles. The molecule has 7 heteroatoms. The van der Waals surface area contributed by atoms with Crippen LogP contribution in [0, 0.1) is 0 Å². The van der Waals surface area contributed by atoms with Gasteiger partial charge in [0.2, 0.25) is 5.91 Å². The van der Waals surface area contributed by atoms with Gasteiger partial charge in [-0.15, -0.1) is 11.8 Å². The summed E-state index contributed by atoms with van der Waals surface area (Å²) in [6, 6.07) is 14.8. The third-order valence-electron chi connectivity index (χ3n) is 4.89. The lowest BCUT2D eigenvalue weighted by Crippen LogP contribution is -2.51. The maximum atomic E-state index is 12.8. The van der Waals surface area contributed by atoms with Crippen LogP contribution in [-0.2, 0) is 16.0 Å². The molecule has 27 heavy (non-hydrogen) atoms. The Bertz CT molecular complexity index is 902. The third kappa shape index (κ3) is 3.19. The molecule has 2 N–H and O–H groups in total. The van der Waals surface area contributed by atoms with Crippen molar-refractivity contribution >= 4 is 29.5 Å². The summed E-state index contributed by atoms with van der Waals surface area (Å²) in [5, 5.41) is 11.9. The highest BCUT2D eigenvalue weighted by atomic mass is 32.2. The Morgan fingerprint density at radius 3 is 2.59 bits per heavy atom. The number of hydrogen-bond acceptors (Lipinski definition) is 4. The Balaban J connectivity index is 1.50. The lowest BCUT2D eigenvalue weighted by atomic mass is 10.1. The third-order valence-corrected chi connectivity index (χ3v) is 6.20. The molecule has 6 nitrogen and oxygen atoms in total. The molecule has 1 fully saturated rings. The van der Waals surface area contributed by atoms with Crippen molar-refractivity contribution in [3.63, 3.8) is 0 Å². The molecule has 0 aromatic heterocycles. The molecule has 2 aliphatic heterocycles. The number of hydrogen-bond donors (Lipinski definition) is 2. The van der Waals surface area contributed by atoms with E-state index in [0.29, 0.717) is 11.3 Å². The van der Waals surface area contributed by atoms with Crippen LogP contribution in [0.4, 0.5) is 0 Å². The van der Waals surface area contributed by atoms with Gasteiger partial charge in [-0.25, -0.2) is 4.79 Å². The Labute approximate surface area is 160 Å². The highest BCUT2D eigenvalue weighted by Gasteiger charge is 2.48. The van der Waals surface area contributed by atoms with E-state index in [9.17, 15) is 19.5 Å². The molecule has 0 radical (unpaired) electrons. The molecular formula is C20H18N2O4S. The number of thioether (sulfide) groups is 1. The van der Waals surface area contributed by atoms with Crippen LogP contribution in [0.5, 0.6) is 0 Å². The van der Waals surface area contributed by atoms with Crippen molar-refractivity contribution < 1.29 is 19.5 Å². The number of carbonyl (C=O) groups excluding carboxylic acids is 2. The van der Waals surface area contributed by atoms with Crippen molar-refractivity contribution in [2.45, 2.75) is 23.9 Å². The van der Waals surface area contributed by atoms with Crippen molar-refractivity contribution in [2.75, 3.05) is 5.75 Å².